The van der Waals surface area contributed by atoms with Crippen LogP contribution in [0.4, 0.5) is 4.39 Å². The zero-order valence-electron chi connectivity index (χ0n) is 8.59. The van der Waals surface area contributed by atoms with Gasteiger partial charge in [0.05, 0.1) is 12.3 Å². The van der Waals surface area contributed by atoms with E-state index in [0.717, 1.165) is 10.8 Å². The standard InChI is InChI=1S/C9H11FN2O3S/c1-5-6(10)2-12(9(14)11-5)7-4-16-8(3-13)15-7/h2,7-8,13H,3-4H2,1H3/t7?,8-/m1/s1. The Morgan fingerprint density at radius 2 is 2.56 bits per heavy atom. The highest BCUT2D eigenvalue weighted by atomic mass is 32.2. The van der Waals surface area contributed by atoms with Gasteiger partial charge >= 0.3 is 5.69 Å². The molecule has 1 aromatic rings. The fourth-order valence-corrected chi connectivity index (χ4v) is 2.35. The lowest BCUT2D eigenvalue weighted by Gasteiger charge is -2.13. The first-order chi connectivity index (χ1) is 7.61. The third-order valence-corrected chi connectivity index (χ3v) is 3.38. The van der Waals surface area contributed by atoms with Gasteiger partial charge in [-0.1, -0.05) is 0 Å². The van der Waals surface area contributed by atoms with E-state index >= 15 is 0 Å². The molecule has 2 atom stereocenters. The van der Waals surface area contributed by atoms with Gasteiger partial charge in [-0.3, -0.25) is 4.57 Å². The predicted octanol–water partition coefficient (Wildman–Crippen LogP) is 0.271. The molecule has 2 heterocycles. The van der Waals surface area contributed by atoms with E-state index in [2.05, 4.69) is 4.98 Å². The van der Waals surface area contributed by atoms with Gasteiger partial charge in [-0.2, -0.15) is 4.98 Å². The Balaban J connectivity index is 2.28. The topological polar surface area (TPSA) is 64.4 Å². The van der Waals surface area contributed by atoms with E-state index in [-0.39, 0.29) is 17.7 Å². The normalized spacial score (nSPS) is 24.9. The van der Waals surface area contributed by atoms with Gasteiger partial charge in [0.25, 0.3) is 0 Å². The molecule has 0 aromatic carbocycles. The third kappa shape index (κ3) is 2.11. The fourth-order valence-electron chi connectivity index (χ4n) is 1.42. The Morgan fingerprint density at radius 3 is 3.19 bits per heavy atom. The number of halogens is 1. The highest BCUT2D eigenvalue weighted by molar-refractivity contribution is 8.00. The summed E-state index contributed by atoms with van der Waals surface area (Å²) < 4.78 is 19.7. The molecule has 1 fully saturated rings. The van der Waals surface area contributed by atoms with Crippen LogP contribution in [0.25, 0.3) is 0 Å². The highest BCUT2D eigenvalue weighted by Gasteiger charge is 2.27. The van der Waals surface area contributed by atoms with Crippen molar-refractivity contribution in [3.63, 3.8) is 0 Å². The number of aliphatic hydroxyl groups excluding tert-OH is 1. The predicted molar refractivity (Wildman–Crippen MR) is 56.6 cm³/mol. The molecule has 0 amide bonds. The first-order valence-corrected chi connectivity index (χ1v) is 5.80. The lowest BCUT2D eigenvalue weighted by molar-refractivity contribution is -0.00690. The zero-order chi connectivity index (χ0) is 11.7. The van der Waals surface area contributed by atoms with Gasteiger partial charge < -0.3 is 9.84 Å². The summed E-state index contributed by atoms with van der Waals surface area (Å²) in [7, 11) is 0. The van der Waals surface area contributed by atoms with Crippen molar-refractivity contribution in [2.45, 2.75) is 18.6 Å². The molecular weight excluding hydrogens is 235 g/mol. The van der Waals surface area contributed by atoms with E-state index in [1.54, 1.807) is 0 Å². The van der Waals surface area contributed by atoms with E-state index in [9.17, 15) is 9.18 Å². The van der Waals surface area contributed by atoms with Crippen LogP contribution in [0, 0.1) is 12.7 Å². The molecule has 1 unspecified atom stereocenters. The number of hydrogen-bond acceptors (Lipinski definition) is 5. The largest absolute Gasteiger partial charge is 0.393 e. The second-order valence-corrected chi connectivity index (χ2v) is 4.59. The summed E-state index contributed by atoms with van der Waals surface area (Å²) in [5.74, 6) is -0.0457. The van der Waals surface area contributed by atoms with Gasteiger partial charge in [0.2, 0.25) is 0 Å². The number of hydrogen-bond donors (Lipinski definition) is 1. The van der Waals surface area contributed by atoms with Gasteiger partial charge in [-0.15, -0.1) is 11.8 Å². The molecule has 0 aliphatic carbocycles. The van der Waals surface area contributed by atoms with Gasteiger partial charge in [0, 0.05) is 11.9 Å². The van der Waals surface area contributed by atoms with E-state index in [1.807, 2.05) is 0 Å². The van der Waals surface area contributed by atoms with Crippen LogP contribution < -0.4 is 5.69 Å². The fraction of sp³-hybridized carbons (Fsp3) is 0.556. The van der Waals surface area contributed by atoms with E-state index in [1.165, 1.54) is 18.7 Å². The van der Waals surface area contributed by atoms with Gasteiger partial charge in [-0.25, -0.2) is 9.18 Å². The van der Waals surface area contributed by atoms with Crippen molar-refractivity contribution in [3.8, 4) is 0 Å². The van der Waals surface area contributed by atoms with Gasteiger partial charge in [-0.05, 0) is 6.92 Å². The van der Waals surface area contributed by atoms with Crippen LogP contribution in [-0.2, 0) is 4.74 Å². The first kappa shape index (κ1) is 11.6. The van der Waals surface area contributed by atoms with Crippen LogP contribution in [0.3, 0.4) is 0 Å². The molecule has 0 radical (unpaired) electrons. The number of aliphatic hydroxyl groups is 1. The van der Waals surface area contributed by atoms with Gasteiger partial charge in [0.1, 0.15) is 11.7 Å². The van der Waals surface area contributed by atoms with Crippen LogP contribution in [0.5, 0.6) is 0 Å². The summed E-state index contributed by atoms with van der Waals surface area (Å²) in [5.41, 5.74) is -0.824. The Hall–Kier alpha value is -0.920. The zero-order valence-corrected chi connectivity index (χ0v) is 9.41. The van der Waals surface area contributed by atoms with Crippen molar-refractivity contribution in [2.24, 2.45) is 0 Å². The molecule has 1 N–H and O–H groups in total. The van der Waals surface area contributed by atoms with Crippen LogP contribution >= 0.6 is 11.8 Å². The quantitative estimate of drug-likeness (QED) is 0.811. The first-order valence-electron chi connectivity index (χ1n) is 4.75. The smallest absolute Gasteiger partial charge is 0.350 e. The maximum absolute atomic E-state index is 13.3. The number of aryl methyl sites for hydroxylation is 1. The summed E-state index contributed by atoms with van der Waals surface area (Å²) in [4.78, 5) is 15.1. The molecule has 88 valence electrons. The van der Waals surface area contributed by atoms with Crippen molar-refractivity contribution in [3.05, 3.63) is 28.2 Å². The van der Waals surface area contributed by atoms with Crippen molar-refractivity contribution in [1.29, 1.82) is 0 Å². The van der Waals surface area contributed by atoms with Crippen molar-refractivity contribution in [2.75, 3.05) is 12.4 Å². The van der Waals surface area contributed by atoms with Crippen LogP contribution in [-0.4, -0.2) is 32.5 Å². The summed E-state index contributed by atoms with van der Waals surface area (Å²) in [6.07, 6.45) is 0.535. The van der Waals surface area contributed by atoms with E-state index in [0.29, 0.717) is 5.75 Å². The molecular formula is C9H11FN2O3S. The Morgan fingerprint density at radius 1 is 1.81 bits per heavy atom. The molecule has 2 rings (SSSR count). The van der Waals surface area contributed by atoms with Crippen molar-refractivity contribution < 1.29 is 14.2 Å². The molecule has 5 nitrogen and oxygen atoms in total. The molecule has 1 aromatic heterocycles. The molecule has 16 heavy (non-hydrogen) atoms. The molecule has 1 saturated heterocycles. The van der Waals surface area contributed by atoms with Crippen LogP contribution in [0.1, 0.15) is 11.9 Å². The summed E-state index contributed by atoms with van der Waals surface area (Å²) in [5, 5.41) is 8.88. The van der Waals surface area contributed by atoms with Crippen LogP contribution in [0.2, 0.25) is 0 Å². The number of rotatable bonds is 2. The van der Waals surface area contributed by atoms with Crippen LogP contribution in [0.15, 0.2) is 11.0 Å². The maximum Gasteiger partial charge on any atom is 0.350 e. The minimum Gasteiger partial charge on any atom is -0.393 e. The van der Waals surface area contributed by atoms with E-state index in [4.69, 9.17) is 9.84 Å². The maximum atomic E-state index is 13.3. The molecule has 1 aliphatic heterocycles. The summed E-state index contributed by atoms with van der Waals surface area (Å²) in [6.45, 7) is 1.31. The highest BCUT2D eigenvalue weighted by Crippen LogP contribution is 2.30. The number of ether oxygens (including phenoxy) is 1. The second kappa shape index (κ2) is 4.52. The average molecular weight is 246 g/mol. The lowest BCUT2D eigenvalue weighted by atomic mass is 10.4. The average Bonchev–Trinajstić information content (AvgIpc) is 2.71. The number of aromatic nitrogens is 2. The summed E-state index contributed by atoms with van der Waals surface area (Å²) >= 11 is 1.38. The molecule has 0 spiro atoms. The molecule has 0 saturated carbocycles. The molecule has 1 aliphatic rings. The Bertz CT molecular complexity index is 451. The minimum atomic E-state index is -0.558. The summed E-state index contributed by atoms with van der Waals surface area (Å²) in [6, 6.07) is 0. The Labute approximate surface area is 95.3 Å². The van der Waals surface area contributed by atoms with Crippen molar-refractivity contribution in [1.82, 2.24) is 9.55 Å². The van der Waals surface area contributed by atoms with Gasteiger partial charge in [0.15, 0.2) is 5.82 Å². The Kier molecular flexibility index (Phi) is 3.27. The molecule has 7 heteroatoms. The van der Waals surface area contributed by atoms with Crippen molar-refractivity contribution >= 4 is 11.8 Å². The molecule has 0 bridgehead atoms. The second-order valence-electron chi connectivity index (χ2n) is 3.40. The number of nitrogens with zero attached hydrogens (tertiary/aromatic N) is 2. The monoisotopic (exact) mass is 246 g/mol. The van der Waals surface area contributed by atoms with E-state index < -0.39 is 17.7 Å². The SMILES string of the molecule is Cc1nc(=O)n(C2CS[C@H](CO)O2)cc1F. The number of thioether (sulfide) groups is 1. The lowest BCUT2D eigenvalue weighted by Crippen LogP contribution is -2.29. The third-order valence-electron chi connectivity index (χ3n) is 2.28. The minimum absolute atomic E-state index is 0.0746.